The normalized spacial score (nSPS) is 11.7. The molecule has 106 valence electrons. The van der Waals surface area contributed by atoms with Crippen LogP contribution in [0.2, 0.25) is 0 Å². The fraction of sp³-hybridized carbons (Fsp3) is 0.353. The molecule has 0 saturated carbocycles. The summed E-state index contributed by atoms with van der Waals surface area (Å²) in [6, 6.07) is 5.89. The Labute approximate surface area is 119 Å². The van der Waals surface area contributed by atoms with Gasteiger partial charge in [0.2, 0.25) is 0 Å². The molecule has 20 heavy (non-hydrogen) atoms. The van der Waals surface area contributed by atoms with Gasteiger partial charge in [-0.15, -0.1) is 0 Å². The molecule has 0 radical (unpaired) electrons. The van der Waals surface area contributed by atoms with E-state index in [1.165, 1.54) is 0 Å². The van der Waals surface area contributed by atoms with Crippen molar-refractivity contribution in [2.24, 2.45) is 0 Å². The smallest absolute Gasteiger partial charge is 0.251 e. The molecule has 1 aromatic carbocycles. The van der Waals surface area contributed by atoms with Crippen molar-refractivity contribution in [3.8, 4) is 5.75 Å². The van der Waals surface area contributed by atoms with Crippen LogP contribution in [-0.4, -0.2) is 11.6 Å². The number of allylic oxidation sites excluding steroid dienone is 1. The SMILES string of the molecule is C/C=C/COc1ccc(C)c2[nH]c(=O)c(C(C)C)cc12. The Hall–Kier alpha value is -2.03. The fourth-order valence-corrected chi connectivity index (χ4v) is 2.21. The molecule has 1 aromatic heterocycles. The van der Waals surface area contributed by atoms with Crippen molar-refractivity contribution < 1.29 is 4.74 Å². The number of hydrogen-bond acceptors (Lipinski definition) is 2. The first kappa shape index (κ1) is 14.4. The number of H-pyrrole nitrogens is 1. The summed E-state index contributed by atoms with van der Waals surface area (Å²) in [5.41, 5.74) is 2.68. The summed E-state index contributed by atoms with van der Waals surface area (Å²) in [7, 11) is 0. The second-order valence-corrected chi connectivity index (χ2v) is 5.26. The Balaban J connectivity index is 2.61. The molecule has 2 aromatic rings. The van der Waals surface area contributed by atoms with E-state index in [2.05, 4.69) is 4.98 Å². The van der Waals surface area contributed by atoms with Crippen molar-refractivity contribution in [3.05, 3.63) is 51.8 Å². The van der Waals surface area contributed by atoms with E-state index in [1.54, 1.807) is 0 Å². The molecule has 0 saturated heterocycles. The zero-order chi connectivity index (χ0) is 14.7. The Kier molecular flexibility index (Phi) is 4.28. The van der Waals surface area contributed by atoms with Gasteiger partial charge in [0.15, 0.2) is 0 Å². The fourth-order valence-electron chi connectivity index (χ4n) is 2.21. The largest absolute Gasteiger partial charge is 0.489 e. The number of nitrogens with one attached hydrogen (secondary N) is 1. The van der Waals surface area contributed by atoms with Crippen molar-refractivity contribution in [3.63, 3.8) is 0 Å². The van der Waals surface area contributed by atoms with E-state index in [4.69, 9.17) is 4.74 Å². The zero-order valence-electron chi connectivity index (χ0n) is 12.5. The third-order valence-corrected chi connectivity index (χ3v) is 3.41. The molecule has 0 aliphatic carbocycles. The summed E-state index contributed by atoms with van der Waals surface area (Å²) in [5.74, 6) is 0.994. The lowest BCUT2D eigenvalue weighted by Gasteiger charge is -2.12. The first-order valence-corrected chi connectivity index (χ1v) is 6.95. The Bertz CT molecular complexity index is 696. The molecule has 0 aliphatic rings. The molecule has 1 heterocycles. The van der Waals surface area contributed by atoms with Crippen LogP contribution in [0.1, 0.15) is 37.8 Å². The Morgan fingerprint density at radius 1 is 1.35 bits per heavy atom. The number of aromatic nitrogens is 1. The van der Waals surface area contributed by atoms with Crippen molar-refractivity contribution in [1.82, 2.24) is 4.98 Å². The molecular formula is C17H21NO2. The van der Waals surface area contributed by atoms with Crippen molar-refractivity contribution >= 4 is 10.9 Å². The van der Waals surface area contributed by atoms with Crippen LogP contribution in [0.3, 0.4) is 0 Å². The maximum Gasteiger partial charge on any atom is 0.251 e. The number of hydrogen-bond donors (Lipinski definition) is 1. The van der Waals surface area contributed by atoms with Crippen LogP contribution in [0, 0.1) is 6.92 Å². The van der Waals surface area contributed by atoms with E-state index in [-0.39, 0.29) is 11.5 Å². The van der Waals surface area contributed by atoms with Crippen LogP contribution in [0.5, 0.6) is 5.75 Å². The molecule has 0 amide bonds. The predicted molar refractivity (Wildman–Crippen MR) is 83.7 cm³/mol. The third-order valence-electron chi connectivity index (χ3n) is 3.41. The van der Waals surface area contributed by atoms with E-state index >= 15 is 0 Å². The van der Waals surface area contributed by atoms with Gasteiger partial charge in [0.1, 0.15) is 12.4 Å². The minimum absolute atomic E-state index is 0.0128. The van der Waals surface area contributed by atoms with Gasteiger partial charge < -0.3 is 9.72 Å². The zero-order valence-corrected chi connectivity index (χ0v) is 12.5. The lowest BCUT2D eigenvalue weighted by Crippen LogP contribution is -2.14. The standard InChI is InChI=1S/C17H21NO2/c1-5-6-9-20-15-8-7-12(4)16-14(15)10-13(11(2)3)17(19)18-16/h5-8,10-11H,9H2,1-4H3,(H,18,19)/b6-5+. The predicted octanol–water partition coefficient (Wildman–Crippen LogP) is 3.91. The highest BCUT2D eigenvalue weighted by Crippen LogP contribution is 2.28. The summed E-state index contributed by atoms with van der Waals surface area (Å²) in [5, 5.41) is 0.970. The van der Waals surface area contributed by atoms with Gasteiger partial charge in [-0.3, -0.25) is 4.79 Å². The third kappa shape index (κ3) is 2.77. The lowest BCUT2D eigenvalue weighted by molar-refractivity contribution is 0.367. The molecule has 0 fully saturated rings. The van der Waals surface area contributed by atoms with E-state index in [0.717, 1.165) is 27.8 Å². The summed E-state index contributed by atoms with van der Waals surface area (Å²) < 4.78 is 5.78. The van der Waals surface area contributed by atoms with Crippen molar-refractivity contribution in [2.45, 2.75) is 33.6 Å². The topological polar surface area (TPSA) is 42.1 Å². The first-order chi connectivity index (χ1) is 9.54. The minimum atomic E-state index is -0.0128. The average Bonchev–Trinajstić information content (AvgIpc) is 2.41. The van der Waals surface area contributed by atoms with Gasteiger partial charge in [-0.05, 0) is 37.5 Å². The molecule has 1 N–H and O–H groups in total. The maximum absolute atomic E-state index is 12.1. The number of benzene rings is 1. The molecule has 0 atom stereocenters. The van der Waals surface area contributed by atoms with Gasteiger partial charge in [0.25, 0.3) is 5.56 Å². The van der Waals surface area contributed by atoms with E-state index in [9.17, 15) is 4.79 Å². The molecule has 0 unspecified atom stereocenters. The molecular weight excluding hydrogens is 250 g/mol. The highest BCUT2D eigenvalue weighted by atomic mass is 16.5. The molecule has 3 nitrogen and oxygen atoms in total. The van der Waals surface area contributed by atoms with Gasteiger partial charge in [0, 0.05) is 10.9 Å². The Morgan fingerprint density at radius 3 is 2.75 bits per heavy atom. The summed E-state index contributed by atoms with van der Waals surface area (Å²) >= 11 is 0. The number of ether oxygens (including phenoxy) is 1. The monoisotopic (exact) mass is 271 g/mol. The van der Waals surface area contributed by atoms with Gasteiger partial charge in [-0.25, -0.2) is 0 Å². The van der Waals surface area contributed by atoms with Gasteiger partial charge in [-0.1, -0.05) is 32.1 Å². The Morgan fingerprint density at radius 2 is 2.10 bits per heavy atom. The highest BCUT2D eigenvalue weighted by molar-refractivity contribution is 5.88. The minimum Gasteiger partial charge on any atom is -0.489 e. The van der Waals surface area contributed by atoms with Crippen LogP contribution in [0.4, 0.5) is 0 Å². The number of fused-ring (bicyclic) bond motifs is 1. The number of aromatic amines is 1. The molecule has 0 spiro atoms. The van der Waals surface area contributed by atoms with Crippen LogP contribution >= 0.6 is 0 Å². The van der Waals surface area contributed by atoms with E-state index < -0.39 is 0 Å². The molecule has 0 aliphatic heterocycles. The van der Waals surface area contributed by atoms with Crippen LogP contribution in [-0.2, 0) is 0 Å². The lowest BCUT2D eigenvalue weighted by atomic mass is 10.0. The van der Waals surface area contributed by atoms with Gasteiger partial charge >= 0.3 is 0 Å². The summed E-state index contributed by atoms with van der Waals surface area (Å²) in [6.45, 7) is 8.53. The van der Waals surface area contributed by atoms with Crippen LogP contribution in [0.15, 0.2) is 35.1 Å². The summed E-state index contributed by atoms with van der Waals surface area (Å²) in [4.78, 5) is 15.1. The number of pyridine rings is 1. The summed E-state index contributed by atoms with van der Waals surface area (Å²) in [6.07, 6.45) is 3.92. The van der Waals surface area contributed by atoms with Crippen LogP contribution < -0.4 is 10.3 Å². The first-order valence-electron chi connectivity index (χ1n) is 6.95. The second kappa shape index (κ2) is 5.95. The van der Waals surface area contributed by atoms with Crippen LogP contribution in [0.25, 0.3) is 10.9 Å². The molecule has 3 heteroatoms. The van der Waals surface area contributed by atoms with Gasteiger partial charge in [-0.2, -0.15) is 0 Å². The second-order valence-electron chi connectivity index (χ2n) is 5.26. The van der Waals surface area contributed by atoms with Crippen molar-refractivity contribution in [1.29, 1.82) is 0 Å². The van der Waals surface area contributed by atoms with Gasteiger partial charge in [0.05, 0.1) is 5.52 Å². The molecule has 0 bridgehead atoms. The van der Waals surface area contributed by atoms with Crippen molar-refractivity contribution in [2.75, 3.05) is 6.61 Å². The molecule has 2 rings (SSSR count). The maximum atomic E-state index is 12.1. The number of rotatable bonds is 4. The highest BCUT2D eigenvalue weighted by Gasteiger charge is 2.11. The quantitative estimate of drug-likeness (QED) is 0.856. The average molecular weight is 271 g/mol. The van der Waals surface area contributed by atoms with E-state index in [1.807, 2.05) is 58.0 Å². The van der Waals surface area contributed by atoms with E-state index in [0.29, 0.717) is 6.61 Å². The number of aryl methyl sites for hydroxylation is 1.